The van der Waals surface area contributed by atoms with Gasteiger partial charge in [0.05, 0.1) is 0 Å². The lowest BCUT2D eigenvalue weighted by Gasteiger charge is -2.25. The molecule has 3 aromatic carbocycles. The van der Waals surface area contributed by atoms with Gasteiger partial charge in [0.2, 0.25) is 5.88 Å². The number of pyridine rings is 1. The van der Waals surface area contributed by atoms with Crippen molar-refractivity contribution in [2.45, 2.75) is 45.1 Å². The highest BCUT2D eigenvalue weighted by atomic mass is 16.5. The number of anilines is 2. The lowest BCUT2D eigenvalue weighted by Crippen LogP contribution is -2.31. The van der Waals surface area contributed by atoms with Crippen molar-refractivity contribution >= 4 is 17.4 Å². The predicted molar refractivity (Wildman–Crippen MR) is 164 cm³/mol. The number of ether oxygens (including phenoxy) is 2. The maximum atomic E-state index is 13.0. The molecule has 4 aromatic rings. The molecule has 2 unspecified atom stereocenters. The van der Waals surface area contributed by atoms with E-state index in [9.17, 15) is 4.79 Å². The molecule has 0 saturated carbocycles. The van der Waals surface area contributed by atoms with Crippen molar-refractivity contribution in [1.82, 2.24) is 10.3 Å². The van der Waals surface area contributed by atoms with Crippen LogP contribution in [0.5, 0.6) is 17.4 Å². The molecule has 1 saturated heterocycles. The van der Waals surface area contributed by atoms with Crippen LogP contribution in [0.2, 0.25) is 0 Å². The maximum Gasteiger partial charge on any atom is 0.323 e. The van der Waals surface area contributed by atoms with E-state index in [4.69, 9.17) is 9.47 Å². The van der Waals surface area contributed by atoms with Gasteiger partial charge in [-0.1, -0.05) is 75.4 Å². The highest BCUT2D eigenvalue weighted by molar-refractivity contribution is 6.00. The van der Waals surface area contributed by atoms with Crippen LogP contribution in [0.3, 0.4) is 0 Å². The number of carbonyl (C=O) groups excluding carboxylic acids is 1. The number of urea groups is 1. The number of nitrogens with zero attached hydrogens (tertiary/aromatic N) is 1. The molecule has 7 nitrogen and oxygen atoms in total. The van der Waals surface area contributed by atoms with E-state index in [1.165, 1.54) is 5.56 Å². The third kappa shape index (κ3) is 7.64. The molecule has 41 heavy (non-hydrogen) atoms. The van der Waals surface area contributed by atoms with Crippen LogP contribution in [0.4, 0.5) is 16.2 Å². The van der Waals surface area contributed by atoms with Gasteiger partial charge in [-0.25, -0.2) is 9.78 Å². The molecule has 2 atom stereocenters. The normalized spacial score (nSPS) is 15.6. The fourth-order valence-electron chi connectivity index (χ4n) is 5.10. The van der Waals surface area contributed by atoms with E-state index in [1.54, 1.807) is 18.3 Å². The minimum absolute atomic E-state index is 0.0301. The Morgan fingerprint density at radius 1 is 0.976 bits per heavy atom. The Bertz CT molecular complexity index is 1450. The molecule has 1 fully saturated rings. The van der Waals surface area contributed by atoms with Gasteiger partial charge >= 0.3 is 6.03 Å². The highest BCUT2D eigenvalue weighted by Crippen LogP contribution is 2.35. The van der Waals surface area contributed by atoms with Gasteiger partial charge in [0.15, 0.2) is 0 Å². The van der Waals surface area contributed by atoms with Crippen LogP contribution in [0, 0.1) is 5.92 Å². The molecule has 2 amide bonds. The third-order valence-corrected chi connectivity index (χ3v) is 7.20. The monoisotopic (exact) mass is 550 g/mol. The Balaban J connectivity index is 1.26. The van der Waals surface area contributed by atoms with Gasteiger partial charge in [0, 0.05) is 42.4 Å². The molecule has 0 spiro atoms. The largest absolute Gasteiger partial charge is 0.490 e. The van der Waals surface area contributed by atoms with Gasteiger partial charge in [-0.3, -0.25) is 0 Å². The smallest absolute Gasteiger partial charge is 0.323 e. The van der Waals surface area contributed by atoms with E-state index in [0.717, 1.165) is 37.2 Å². The summed E-state index contributed by atoms with van der Waals surface area (Å²) < 4.78 is 12.7. The number of para-hydroxylation sites is 1. The molecule has 212 valence electrons. The van der Waals surface area contributed by atoms with Crippen molar-refractivity contribution in [2.24, 2.45) is 5.92 Å². The minimum atomic E-state index is -0.398. The molecule has 3 N–H and O–H groups in total. The first kappa shape index (κ1) is 28.2. The predicted octanol–water partition coefficient (Wildman–Crippen LogP) is 7.42. The standard InChI is InChI=1S/C34H38N4O3/c1-34(2,3)28-15-7-8-17-30(28)41-32-29(16-10-19-36-32)38-33(39)37-26-13-9-14-27(22-26)40-31(25-18-20-35-23-25)21-24-11-5-4-6-12-24/h4-17,19,22,25,31,35H,18,20-21,23H2,1-3H3,(H2,37,38,39). The van der Waals surface area contributed by atoms with Gasteiger partial charge in [-0.05, 0) is 54.3 Å². The number of aromatic nitrogens is 1. The SMILES string of the molecule is CC(C)(C)c1ccccc1Oc1ncccc1NC(=O)Nc1cccc(OC(Cc2ccccc2)C2CCNC2)c1. The number of rotatable bonds is 9. The first-order valence-electron chi connectivity index (χ1n) is 14.2. The van der Waals surface area contributed by atoms with E-state index in [2.05, 4.69) is 66.0 Å². The van der Waals surface area contributed by atoms with Gasteiger partial charge < -0.3 is 25.4 Å². The highest BCUT2D eigenvalue weighted by Gasteiger charge is 2.27. The quantitative estimate of drug-likeness (QED) is 0.202. The Kier molecular flexibility index (Phi) is 8.85. The minimum Gasteiger partial charge on any atom is -0.490 e. The lowest BCUT2D eigenvalue weighted by molar-refractivity contribution is 0.143. The van der Waals surface area contributed by atoms with E-state index < -0.39 is 6.03 Å². The first-order chi connectivity index (χ1) is 19.8. The van der Waals surface area contributed by atoms with Gasteiger partial charge in [-0.2, -0.15) is 0 Å². The van der Waals surface area contributed by atoms with Crippen LogP contribution in [0.25, 0.3) is 0 Å². The summed E-state index contributed by atoms with van der Waals surface area (Å²) in [5.74, 6) is 2.17. The molecular weight excluding hydrogens is 512 g/mol. The summed E-state index contributed by atoms with van der Waals surface area (Å²) in [4.78, 5) is 17.4. The van der Waals surface area contributed by atoms with Crippen LogP contribution in [-0.2, 0) is 11.8 Å². The van der Waals surface area contributed by atoms with Crippen LogP contribution in [0.15, 0.2) is 97.2 Å². The number of hydrogen-bond donors (Lipinski definition) is 3. The molecule has 7 heteroatoms. The molecule has 0 aliphatic carbocycles. The van der Waals surface area contributed by atoms with Crippen LogP contribution < -0.4 is 25.4 Å². The number of hydrogen-bond acceptors (Lipinski definition) is 5. The van der Waals surface area contributed by atoms with E-state index in [-0.39, 0.29) is 11.5 Å². The summed E-state index contributed by atoms with van der Waals surface area (Å²) >= 11 is 0. The number of benzene rings is 3. The van der Waals surface area contributed by atoms with E-state index >= 15 is 0 Å². The van der Waals surface area contributed by atoms with Gasteiger partial charge in [0.25, 0.3) is 0 Å². The molecule has 0 radical (unpaired) electrons. The molecule has 1 aromatic heterocycles. The number of amides is 2. The second-order valence-electron chi connectivity index (χ2n) is 11.4. The van der Waals surface area contributed by atoms with E-state index in [0.29, 0.717) is 28.9 Å². The van der Waals surface area contributed by atoms with Crippen molar-refractivity contribution < 1.29 is 14.3 Å². The topological polar surface area (TPSA) is 84.5 Å². The zero-order valence-electron chi connectivity index (χ0n) is 23.9. The average molecular weight is 551 g/mol. The number of carbonyl (C=O) groups is 1. The Labute approximate surface area is 242 Å². The summed E-state index contributed by atoms with van der Waals surface area (Å²) in [6.07, 6.45) is 3.58. The van der Waals surface area contributed by atoms with Crippen molar-refractivity contribution in [3.05, 3.63) is 108 Å². The number of nitrogens with one attached hydrogen (secondary N) is 3. The molecule has 2 heterocycles. The Hall–Kier alpha value is -4.36. The zero-order valence-corrected chi connectivity index (χ0v) is 23.9. The summed E-state index contributed by atoms with van der Waals surface area (Å²) in [5, 5.41) is 9.27. The molecule has 1 aliphatic heterocycles. The summed E-state index contributed by atoms with van der Waals surface area (Å²) in [6, 6.07) is 29.0. The average Bonchev–Trinajstić information content (AvgIpc) is 3.50. The molecule has 1 aliphatic rings. The molecule has 5 rings (SSSR count). The zero-order chi connectivity index (χ0) is 28.7. The van der Waals surface area contributed by atoms with Crippen LogP contribution in [-0.4, -0.2) is 30.2 Å². The Morgan fingerprint density at radius 3 is 2.56 bits per heavy atom. The van der Waals surface area contributed by atoms with Crippen molar-refractivity contribution in [2.75, 3.05) is 23.7 Å². The second-order valence-corrected chi connectivity index (χ2v) is 11.4. The first-order valence-corrected chi connectivity index (χ1v) is 14.2. The maximum absolute atomic E-state index is 13.0. The Morgan fingerprint density at radius 2 is 1.78 bits per heavy atom. The van der Waals surface area contributed by atoms with Gasteiger partial charge in [0.1, 0.15) is 23.3 Å². The van der Waals surface area contributed by atoms with Crippen molar-refractivity contribution in [1.29, 1.82) is 0 Å². The summed E-state index contributed by atoms with van der Waals surface area (Å²) in [6.45, 7) is 8.34. The molecular formula is C34H38N4O3. The van der Waals surface area contributed by atoms with Crippen molar-refractivity contribution in [3.63, 3.8) is 0 Å². The van der Waals surface area contributed by atoms with Crippen LogP contribution >= 0.6 is 0 Å². The van der Waals surface area contributed by atoms with Gasteiger partial charge in [-0.15, -0.1) is 0 Å². The third-order valence-electron chi connectivity index (χ3n) is 7.20. The lowest BCUT2D eigenvalue weighted by atomic mass is 9.86. The van der Waals surface area contributed by atoms with Crippen molar-refractivity contribution in [3.8, 4) is 17.4 Å². The molecule has 0 bridgehead atoms. The van der Waals surface area contributed by atoms with E-state index in [1.807, 2.05) is 54.6 Å². The fraction of sp³-hybridized carbons (Fsp3) is 0.294. The fourth-order valence-corrected chi connectivity index (χ4v) is 5.10. The van der Waals surface area contributed by atoms with Crippen LogP contribution in [0.1, 0.15) is 38.3 Å². The summed E-state index contributed by atoms with van der Waals surface area (Å²) in [5.41, 5.74) is 3.29. The summed E-state index contributed by atoms with van der Waals surface area (Å²) in [7, 11) is 0. The second kappa shape index (κ2) is 12.9.